The molecular weight excluding hydrogens is 396 g/mol. The molecule has 2 aliphatic carbocycles. The third-order valence-corrected chi connectivity index (χ3v) is 5.89. The highest BCUT2D eigenvalue weighted by Gasteiger charge is 2.47. The smallest absolute Gasteiger partial charge is 0.336 e. The summed E-state index contributed by atoms with van der Waals surface area (Å²) in [5.41, 5.74) is 7.51. The molecule has 4 atom stereocenters. The number of carbonyl (C=O) groups excluding carboxylic acids is 4. The summed E-state index contributed by atoms with van der Waals surface area (Å²) < 4.78 is 0. The van der Waals surface area contributed by atoms with Gasteiger partial charge in [0.2, 0.25) is 5.91 Å². The minimum atomic E-state index is -0.488. The lowest BCUT2D eigenvalue weighted by Crippen LogP contribution is -2.32. The van der Waals surface area contributed by atoms with Gasteiger partial charge in [0, 0.05) is 18.8 Å². The van der Waals surface area contributed by atoms with Gasteiger partial charge in [0.05, 0.1) is 5.92 Å². The van der Waals surface area contributed by atoms with E-state index < -0.39 is 17.8 Å². The average molecular weight is 420 g/mol. The number of benzene rings is 2. The summed E-state index contributed by atoms with van der Waals surface area (Å²) >= 11 is 0. The van der Waals surface area contributed by atoms with E-state index in [2.05, 4.69) is 0 Å². The molecule has 3 fully saturated rings. The molecule has 2 saturated carbocycles. The lowest BCUT2D eigenvalue weighted by atomic mass is 10.1. The first kappa shape index (κ1) is 20.8. The number of nitrogens with zero attached hydrogens (tertiary/aromatic N) is 1. The molecule has 0 radical (unpaired) electrons. The van der Waals surface area contributed by atoms with Gasteiger partial charge in [-0.1, -0.05) is 60.7 Å². The zero-order valence-corrected chi connectivity index (χ0v) is 17.0. The Bertz CT molecular complexity index is 976. The van der Waals surface area contributed by atoms with Crippen LogP contribution in [0.2, 0.25) is 0 Å². The monoisotopic (exact) mass is 420 g/mol. The molecule has 2 N–H and O–H groups in total. The minimum absolute atomic E-state index is 0.0902. The van der Waals surface area contributed by atoms with Crippen LogP contribution in [0.5, 0.6) is 0 Å². The predicted molar refractivity (Wildman–Crippen MR) is 111 cm³/mol. The summed E-state index contributed by atoms with van der Waals surface area (Å²) in [6.07, 6.45) is 1.89. The summed E-state index contributed by atoms with van der Waals surface area (Å²) in [6, 6.07) is 19.7. The summed E-state index contributed by atoms with van der Waals surface area (Å²) in [6.45, 7) is 0. The fraction of sp³-hybridized carbons (Fsp3) is 0.333. The van der Waals surface area contributed by atoms with E-state index in [1.807, 2.05) is 60.7 Å². The highest BCUT2D eigenvalue weighted by Crippen LogP contribution is 2.48. The molecule has 1 aliphatic heterocycles. The molecule has 0 bridgehead atoms. The molecule has 160 valence electrons. The standard InChI is InChI=1S/C14H13NO4.C10H11NO/c16-12-6-7-13(17)15(12)19-14(18)11-8-10(11)9-4-2-1-3-5-9;11-10(12)9-6-8(9)7-4-2-1-3-5-7/h1-5,10-11H,6-8H2;1-5,8-9H,6H2,(H2,11,12). The van der Waals surface area contributed by atoms with Gasteiger partial charge < -0.3 is 10.6 Å². The first-order valence-electron chi connectivity index (χ1n) is 10.4. The van der Waals surface area contributed by atoms with Crippen LogP contribution in [0.25, 0.3) is 0 Å². The predicted octanol–water partition coefficient (Wildman–Crippen LogP) is 2.67. The van der Waals surface area contributed by atoms with Crippen LogP contribution in [-0.2, 0) is 24.0 Å². The van der Waals surface area contributed by atoms with Crippen LogP contribution in [-0.4, -0.2) is 28.8 Å². The van der Waals surface area contributed by atoms with Crippen molar-refractivity contribution in [1.29, 1.82) is 0 Å². The quantitative estimate of drug-likeness (QED) is 0.749. The van der Waals surface area contributed by atoms with Crippen molar-refractivity contribution in [2.75, 3.05) is 0 Å². The first-order valence-corrected chi connectivity index (χ1v) is 10.4. The van der Waals surface area contributed by atoms with E-state index >= 15 is 0 Å². The van der Waals surface area contributed by atoms with Crippen LogP contribution in [0.15, 0.2) is 60.7 Å². The molecule has 5 rings (SSSR count). The van der Waals surface area contributed by atoms with E-state index in [1.54, 1.807) is 0 Å². The van der Waals surface area contributed by atoms with Crippen LogP contribution >= 0.6 is 0 Å². The van der Waals surface area contributed by atoms with Gasteiger partial charge >= 0.3 is 5.97 Å². The second-order valence-electron chi connectivity index (χ2n) is 8.11. The third-order valence-electron chi connectivity index (χ3n) is 5.89. The summed E-state index contributed by atoms with van der Waals surface area (Å²) in [4.78, 5) is 50.2. The SMILES string of the molecule is NC(=O)C1CC1c1ccccc1.O=C(ON1C(=O)CCC1=O)C1CC1c1ccccc1. The molecule has 31 heavy (non-hydrogen) atoms. The zero-order valence-electron chi connectivity index (χ0n) is 17.0. The molecule has 0 aromatic heterocycles. The molecule has 7 heteroatoms. The van der Waals surface area contributed by atoms with E-state index in [0.29, 0.717) is 17.4 Å². The Labute approximate surface area is 180 Å². The van der Waals surface area contributed by atoms with E-state index in [1.165, 1.54) is 5.56 Å². The van der Waals surface area contributed by atoms with Crippen molar-refractivity contribution >= 4 is 23.7 Å². The van der Waals surface area contributed by atoms with Gasteiger partial charge in [-0.2, -0.15) is 0 Å². The van der Waals surface area contributed by atoms with Crippen LogP contribution in [0, 0.1) is 11.8 Å². The van der Waals surface area contributed by atoms with Crippen molar-refractivity contribution in [2.45, 2.75) is 37.5 Å². The van der Waals surface area contributed by atoms with Gasteiger partial charge in [0.25, 0.3) is 11.8 Å². The Morgan fingerprint density at radius 1 is 0.774 bits per heavy atom. The summed E-state index contributed by atoms with van der Waals surface area (Å²) in [7, 11) is 0. The van der Waals surface area contributed by atoms with Gasteiger partial charge in [-0.15, -0.1) is 5.06 Å². The maximum atomic E-state index is 11.9. The second-order valence-corrected chi connectivity index (χ2v) is 8.11. The van der Waals surface area contributed by atoms with Crippen molar-refractivity contribution in [2.24, 2.45) is 17.6 Å². The van der Waals surface area contributed by atoms with Crippen LogP contribution < -0.4 is 5.73 Å². The van der Waals surface area contributed by atoms with Crippen molar-refractivity contribution in [3.63, 3.8) is 0 Å². The van der Waals surface area contributed by atoms with E-state index in [-0.39, 0.29) is 36.5 Å². The van der Waals surface area contributed by atoms with Crippen LogP contribution in [0.4, 0.5) is 0 Å². The molecule has 0 spiro atoms. The summed E-state index contributed by atoms with van der Waals surface area (Å²) in [5, 5.41) is 0.614. The number of primary amides is 1. The number of carbonyl (C=O) groups is 4. The van der Waals surface area contributed by atoms with Crippen LogP contribution in [0.3, 0.4) is 0 Å². The normalized spacial score (nSPS) is 26.0. The Balaban J connectivity index is 0.000000166. The van der Waals surface area contributed by atoms with E-state index in [9.17, 15) is 19.2 Å². The highest BCUT2D eigenvalue weighted by atomic mass is 16.7. The van der Waals surface area contributed by atoms with Gasteiger partial charge in [0.15, 0.2) is 0 Å². The van der Waals surface area contributed by atoms with Crippen molar-refractivity contribution in [3.05, 3.63) is 71.8 Å². The average Bonchev–Trinajstić information content (AvgIpc) is 3.70. The first-order chi connectivity index (χ1) is 15.0. The lowest BCUT2D eigenvalue weighted by molar-refractivity contribution is -0.198. The second kappa shape index (κ2) is 8.71. The maximum absolute atomic E-state index is 11.9. The minimum Gasteiger partial charge on any atom is -0.369 e. The topological polar surface area (TPSA) is 107 Å². The van der Waals surface area contributed by atoms with E-state index in [0.717, 1.165) is 12.0 Å². The Morgan fingerprint density at radius 3 is 1.68 bits per heavy atom. The molecule has 1 saturated heterocycles. The number of imide groups is 1. The van der Waals surface area contributed by atoms with Crippen molar-refractivity contribution in [1.82, 2.24) is 5.06 Å². The van der Waals surface area contributed by atoms with Gasteiger partial charge in [-0.05, 0) is 35.8 Å². The number of hydroxylamine groups is 2. The number of nitrogens with two attached hydrogens (primary N) is 1. The number of amides is 3. The highest BCUT2D eigenvalue weighted by molar-refractivity contribution is 6.01. The van der Waals surface area contributed by atoms with Crippen molar-refractivity contribution < 1.29 is 24.0 Å². The largest absolute Gasteiger partial charge is 0.369 e. The summed E-state index contributed by atoms with van der Waals surface area (Å²) in [5.74, 6) is -1.15. The molecule has 7 nitrogen and oxygen atoms in total. The molecule has 2 aromatic carbocycles. The number of rotatable bonds is 5. The fourth-order valence-electron chi connectivity index (χ4n) is 3.92. The maximum Gasteiger partial charge on any atom is 0.336 e. The molecule has 2 aromatic rings. The Kier molecular flexibility index (Phi) is 5.84. The van der Waals surface area contributed by atoms with Crippen molar-refractivity contribution in [3.8, 4) is 0 Å². The molecule has 3 amide bonds. The molecule has 4 unspecified atom stereocenters. The zero-order chi connectivity index (χ0) is 22.0. The van der Waals surface area contributed by atoms with Gasteiger partial charge in [-0.25, -0.2) is 4.79 Å². The lowest BCUT2D eigenvalue weighted by Gasteiger charge is -2.12. The Morgan fingerprint density at radius 2 is 1.23 bits per heavy atom. The Hall–Kier alpha value is -3.48. The van der Waals surface area contributed by atoms with Crippen LogP contribution in [0.1, 0.15) is 48.6 Å². The van der Waals surface area contributed by atoms with E-state index in [4.69, 9.17) is 10.6 Å². The van der Waals surface area contributed by atoms with Gasteiger partial charge in [-0.3, -0.25) is 14.4 Å². The molecular formula is C24H24N2O5. The molecule has 1 heterocycles. The third kappa shape index (κ3) is 4.82. The fourth-order valence-corrected chi connectivity index (χ4v) is 3.92. The van der Waals surface area contributed by atoms with Gasteiger partial charge in [0.1, 0.15) is 0 Å². The number of hydrogen-bond donors (Lipinski definition) is 1. The molecule has 3 aliphatic rings. The number of hydrogen-bond acceptors (Lipinski definition) is 5.